The van der Waals surface area contributed by atoms with Crippen LogP contribution in [0.4, 0.5) is 11.4 Å². The summed E-state index contributed by atoms with van der Waals surface area (Å²) in [5, 5.41) is 21.0. The zero-order chi connectivity index (χ0) is 10.9. The maximum atomic E-state index is 10.5. The molecule has 0 aliphatic carbocycles. The highest BCUT2D eigenvalue weighted by Crippen LogP contribution is 2.30. The van der Waals surface area contributed by atoms with Crippen molar-refractivity contribution in [2.45, 2.75) is 0 Å². The van der Waals surface area contributed by atoms with Gasteiger partial charge < -0.3 is 0 Å². The van der Waals surface area contributed by atoms with Crippen molar-refractivity contribution in [2.75, 3.05) is 0 Å². The minimum atomic E-state index is -0.634. The average Bonchev–Trinajstić information content (AvgIpc) is 2.02. The first-order chi connectivity index (χ1) is 6.43. The maximum absolute atomic E-state index is 10.5. The van der Waals surface area contributed by atoms with E-state index in [2.05, 4.69) is 0 Å². The summed E-state index contributed by atoms with van der Waals surface area (Å²) in [6, 6.07) is 2.39. The fourth-order valence-electron chi connectivity index (χ4n) is 0.806. The highest BCUT2D eigenvalue weighted by Gasteiger charge is 2.21. The van der Waals surface area contributed by atoms with Crippen LogP contribution < -0.4 is 0 Å². The molecule has 1 aromatic carbocycles. The summed E-state index contributed by atoms with van der Waals surface area (Å²) >= 11 is 3.54. The number of rotatable bonds is 2. The Kier molecular flexibility index (Phi) is 3.58. The zero-order valence-electron chi connectivity index (χ0n) is 6.44. The Morgan fingerprint density at radius 3 is 1.57 bits per heavy atom. The van der Waals surface area contributed by atoms with Crippen molar-refractivity contribution in [3.8, 4) is 0 Å². The van der Waals surface area contributed by atoms with E-state index in [1.807, 2.05) is 0 Å². The number of nitro groups is 2. The predicted octanol–water partition coefficient (Wildman–Crippen LogP) is 2.71. The van der Waals surface area contributed by atoms with Gasteiger partial charge in [0.1, 0.15) is 0 Å². The second-order valence-electron chi connectivity index (χ2n) is 2.27. The van der Waals surface area contributed by atoms with Crippen LogP contribution in [-0.2, 0) is 0 Å². The third kappa shape index (κ3) is 2.29. The quantitative estimate of drug-likeness (QED) is 0.419. The second-order valence-corrected chi connectivity index (χ2v) is 4.59. The van der Waals surface area contributed by atoms with E-state index in [9.17, 15) is 20.2 Å². The van der Waals surface area contributed by atoms with Gasteiger partial charge in [-0.15, -0.1) is 0 Å². The molecule has 0 aliphatic heterocycles. The predicted molar refractivity (Wildman–Crippen MR) is 65.2 cm³/mol. The lowest BCUT2D eigenvalue weighted by atomic mass is 10.3. The molecule has 0 heterocycles. The Balaban J connectivity index is 3.42. The highest BCUT2D eigenvalue weighted by atomic mass is 127. The van der Waals surface area contributed by atoms with E-state index < -0.39 is 9.85 Å². The van der Waals surface area contributed by atoms with E-state index in [-0.39, 0.29) is 11.4 Å². The van der Waals surface area contributed by atoms with Gasteiger partial charge in [0, 0.05) is 0 Å². The molecule has 0 atom stereocenters. The molecule has 0 saturated carbocycles. The van der Waals surface area contributed by atoms with E-state index in [1.165, 1.54) is 6.07 Å². The van der Waals surface area contributed by atoms with Crippen LogP contribution in [0.15, 0.2) is 12.1 Å². The fraction of sp³-hybridized carbons (Fsp3) is 0. The molecule has 0 saturated heterocycles. The lowest BCUT2D eigenvalue weighted by Crippen LogP contribution is -1.97. The molecule has 74 valence electrons. The van der Waals surface area contributed by atoms with Crippen molar-refractivity contribution in [3.05, 3.63) is 39.5 Å². The molecule has 8 heteroatoms. The molecule has 0 aliphatic rings. The van der Waals surface area contributed by atoms with Crippen LogP contribution in [0.1, 0.15) is 0 Å². The first-order valence-corrected chi connectivity index (χ1v) is 5.37. The molecule has 0 amide bonds. The lowest BCUT2D eigenvalue weighted by molar-refractivity contribution is -0.395. The summed E-state index contributed by atoms with van der Waals surface area (Å²) in [7, 11) is 0. The summed E-state index contributed by atoms with van der Waals surface area (Å²) in [5.41, 5.74) is -0.476. The summed E-state index contributed by atoms with van der Waals surface area (Å²) in [6.07, 6.45) is 0. The molecular formula is C6H2I2N2O4. The number of nitrogens with zero attached hydrogens (tertiary/aromatic N) is 2. The van der Waals surface area contributed by atoms with Crippen molar-refractivity contribution in [2.24, 2.45) is 0 Å². The van der Waals surface area contributed by atoms with Crippen LogP contribution in [-0.4, -0.2) is 9.85 Å². The maximum Gasteiger partial charge on any atom is 0.289 e. The van der Waals surface area contributed by atoms with Gasteiger partial charge in [-0.2, -0.15) is 0 Å². The standard InChI is InChI=1S/C6H2I2N2O4/c7-3-1-4(8)6(10(13)14)2-5(3)9(11)12/h1-2H. The van der Waals surface area contributed by atoms with Gasteiger partial charge in [0.15, 0.2) is 0 Å². The topological polar surface area (TPSA) is 86.3 Å². The SMILES string of the molecule is O=[N+]([O-])c1cc([N+](=O)[O-])c(I)cc1I. The van der Waals surface area contributed by atoms with E-state index >= 15 is 0 Å². The number of benzene rings is 1. The molecule has 0 fully saturated rings. The van der Waals surface area contributed by atoms with Crippen LogP contribution in [0.2, 0.25) is 0 Å². The Bertz CT molecular complexity index is 385. The monoisotopic (exact) mass is 420 g/mol. The highest BCUT2D eigenvalue weighted by molar-refractivity contribution is 14.1. The summed E-state index contributed by atoms with van der Waals surface area (Å²) < 4.78 is 0.783. The van der Waals surface area contributed by atoms with Gasteiger partial charge in [0.2, 0.25) is 0 Å². The van der Waals surface area contributed by atoms with Crippen molar-refractivity contribution < 1.29 is 9.85 Å². The largest absolute Gasteiger partial charge is 0.289 e. The molecule has 14 heavy (non-hydrogen) atoms. The third-order valence-corrected chi connectivity index (χ3v) is 3.14. The van der Waals surface area contributed by atoms with E-state index in [1.54, 1.807) is 45.2 Å². The number of hydrogen-bond acceptors (Lipinski definition) is 4. The van der Waals surface area contributed by atoms with E-state index in [0.29, 0.717) is 7.14 Å². The Morgan fingerprint density at radius 2 is 1.29 bits per heavy atom. The van der Waals surface area contributed by atoms with Gasteiger partial charge in [-0.1, -0.05) is 0 Å². The number of halogens is 2. The minimum Gasteiger partial charge on any atom is -0.258 e. The molecule has 0 spiro atoms. The Morgan fingerprint density at radius 1 is 0.929 bits per heavy atom. The zero-order valence-corrected chi connectivity index (χ0v) is 10.8. The normalized spacial score (nSPS) is 9.86. The molecule has 0 N–H and O–H groups in total. The first-order valence-electron chi connectivity index (χ1n) is 3.21. The van der Waals surface area contributed by atoms with Crippen LogP contribution in [0.3, 0.4) is 0 Å². The molecule has 0 bridgehead atoms. The lowest BCUT2D eigenvalue weighted by Gasteiger charge is -1.97. The van der Waals surface area contributed by atoms with Gasteiger partial charge in [-0.25, -0.2) is 0 Å². The molecule has 1 aromatic rings. The van der Waals surface area contributed by atoms with Crippen molar-refractivity contribution >= 4 is 56.6 Å². The van der Waals surface area contributed by atoms with Gasteiger partial charge in [-0.3, -0.25) is 20.2 Å². The summed E-state index contributed by atoms with van der Waals surface area (Å²) in [5.74, 6) is 0. The van der Waals surface area contributed by atoms with Gasteiger partial charge in [0.05, 0.1) is 23.1 Å². The van der Waals surface area contributed by atoms with Crippen LogP contribution in [0, 0.1) is 27.4 Å². The van der Waals surface area contributed by atoms with Crippen LogP contribution in [0.5, 0.6) is 0 Å². The average molecular weight is 420 g/mol. The van der Waals surface area contributed by atoms with Gasteiger partial charge in [-0.05, 0) is 51.2 Å². The summed E-state index contributed by atoms with van der Waals surface area (Å²) in [6.45, 7) is 0. The fourth-order valence-corrected chi connectivity index (χ4v) is 2.73. The molecule has 0 aromatic heterocycles. The van der Waals surface area contributed by atoms with E-state index in [0.717, 1.165) is 6.07 Å². The minimum absolute atomic E-state index is 0.238. The van der Waals surface area contributed by atoms with Crippen molar-refractivity contribution in [1.29, 1.82) is 0 Å². The number of hydrogen-bond donors (Lipinski definition) is 0. The molecule has 6 nitrogen and oxygen atoms in total. The molecule has 0 radical (unpaired) electrons. The third-order valence-electron chi connectivity index (χ3n) is 1.41. The number of nitro benzene ring substituents is 2. The molecule has 0 unspecified atom stereocenters. The Hall–Kier alpha value is -0.520. The van der Waals surface area contributed by atoms with Gasteiger partial charge in [0.25, 0.3) is 11.4 Å². The van der Waals surface area contributed by atoms with Crippen molar-refractivity contribution in [1.82, 2.24) is 0 Å². The van der Waals surface area contributed by atoms with Gasteiger partial charge >= 0.3 is 0 Å². The van der Waals surface area contributed by atoms with E-state index in [4.69, 9.17) is 0 Å². The second kappa shape index (κ2) is 4.33. The first kappa shape index (κ1) is 11.6. The van der Waals surface area contributed by atoms with Crippen molar-refractivity contribution in [3.63, 3.8) is 0 Å². The Labute approximate surface area is 105 Å². The molecular weight excluding hydrogens is 418 g/mol. The van der Waals surface area contributed by atoms with Crippen LogP contribution >= 0.6 is 45.2 Å². The smallest absolute Gasteiger partial charge is 0.258 e. The van der Waals surface area contributed by atoms with Crippen LogP contribution in [0.25, 0.3) is 0 Å². The summed E-state index contributed by atoms with van der Waals surface area (Å²) in [4.78, 5) is 19.7. The molecule has 1 rings (SSSR count).